The normalized spacial score (nSPS) is 15.1. The van der Waals surface area contributed by atoms with Crippen molar-refractivity contribution in [2.75, 3.05) is 50.7 Å². The molecule has 0 bridgehead atoms. The number of carbonyl (C=O) groups excluding carboxylic acids is 1. The fraction of sp³-hybridized carbons (Fsp3) is 0.381. The highest BCUT2D eigenvalue weighted by molar-refractivity contribution is 9.10. The Morgan fingerprint density at radius 2 is 1.77 bits per heavy atom. The molecule has 30 heavy (non-hydrogen) atoms. The molecular formula is C21H26BrN3O4S. The van der Waals surface area contributed by atoms with Gasteiger partial charge >= 0.3 is 0 Å². The molecule has 0 radical (unpaired) electrons. The maximum absolute atomic E-state index is 13.6. The van der Waals surface area contributed by atoms with Crippen molar-refractivity contribution < 1.29 is 17.9 Å². The first-order chi connectivity index (χ1) is 14.4. The number of nitrogens with zero attached hydrogens (tertiary/aromatic N) is 3. The van der Waals surface area contributed by atoms with Crippen LogP contribution in [0.1, 0.15) is 6.92 Å². The Morgan fingerprint density at radius 1 is 1.10 bits per heavy atom. The standard InChI is InChI=1S/C21H26BrN3O4S/c1-3-23-11-13-24(14-12-23)21(26)16-25(18-7-5-4-6-8-18)30(27,28)20-15-17(22)9-10-19(20)29-2/h4-10,15H,3,11-14,16H2,1-2H3. The molecular weight excluding hydrogens is 470 g/mol. The lowest BCUT2D eigenvalue weighted by atomic mass is 10.3. The number of sulfonamides is 1. The zero-order valence-corrected chi connectivity index (χ0v) is 19.5. The van der Waals surface area contributed by atoms with E-state index in [9.17, 15) is 13.2 Å². The Bertz CT molecular complexity index is 977. The van der Waals surface area contributed by atoms with Gasteiger partial charge in [0.25, 0.3) is 10.0 Å². The van der Waals surface area contributed by atoms with Crippen LogP contribution in [0.4, 0.5) is 5.69 Å². The van der Waals surface area contributed by atoms with Gasteiger partial charge in [-0.15, -0.1) is 0 Å². The van der Waals surface area contributed by atoms with Crippen molar-refractivity contribution in [3.05, 3.63) is 53.0 Å². The first-order valence-corrected chi connectivity index (χ1v) is 12.0. The van der Waals surface area contributed by atoms with Crippen LogP contribution >= 0.6 is 15.9 Å². The molecule has 0 aliphatic carbocycles. The number of para-hydroxylation sites is 1. The van der Waals surface area contributed by atoms with Gasteiger partial charge in [-0.05, 0) is 36.9 Å². The Kier molecular flexibility index (Phi) is 7.38. The number of piperazine rings is 1. The summed E-state index contributed by atoms with van der Waals surface area (Å²) in [5.41, 5.74) is 0.431. The van der Waals surface area contributed by atoms with Crippen molar-refractivity contribution in [2.24, 2.45) is 0 Å². The number of benzene rings is 2. The second-order valence-electron chi connectivity index (χ2n) is 6.96. The van der Waals surface area contributed by atoms with E-state index in [1.54, 1.807) is 47.4 Å². The minimum atomic E-state index is -4.05. The quantitative estimate of drug-likeness (QED) is 0.590. The monoisotopic (exact) mass is 495 g/mol. The van der Waals surface area contributed by atoms with Crippen molar-refractivity contribution in [1.82, 2.24) is 9.80 Å². The summed E-state index contributed by atoms with van der Waals surface area (Å²) >= 11 is 3.33. The highest BCUT2D eigenvalue weighted by Crippen LogP contribution is 2.32. The van der Waals surface area contributed by atoms with E-state index < -0.39 is 10.0 Å². The number of hydrogen-bond acceptors (Lipinski definition) is 5. The van der Waals surface area contributed by atoms with Crippen molar-refractivity contribution in [2.45, 2.75) is 11.8 Å². The summed E-state index contributed by atoms with van der Waals surface area (Å²) in [5.74, 6) is 0.00952. The number of likely N-dealkylation sites (N-methyl/N-ethyl adjacent to an activating group) is 1. The molecule has 0 N–H and O–H groups in total. The van der Waals surface area contributed by atoms with E-state index in [1.165, 1.54) is 13.2 Å². The van der Waals surface area contributed by atoms with E-state index in [1.807, 2.05) is 0 Å². The van der Waals surface area contributed by atoms with E-state index in [0.29, 0.717) is 23.2 Å². The van der Waals surface area contributed by atoms with Gasteiger partial charge in [0.1, 0.15) is 17.2 Å². The van der Waals surface area contributed by atoms with Crippen LogP contribution in [0.2, 0.25) is 0 Å². The summed E-state index contributed by atoms with van der Waals surface area (Å²) in [4.78, 5) is 17.0. The first-order valence-electron chi connectivity index (χ1n) is 9.78. The first kappa shape index (κ1) is 22.6. The van der Waals surface area contributed by atoms with Gasteiger partial charge in [0.2, 0.25) is 5.91 Å². The largest absolute Gasteiger partial charge is 0.495 e. The highest BCUT2D eigenvalue weighted by atomic mass is 79.9. The molecule has 1 aliphatic rings. The third-order valence-corrected chi connectivity index (χ3v) is 7.48. The van der Waals surface area contributed by atoms with Crippen LogP contribution in [-0.4, -0.2) is 70.5 Å². The predicted octanol–water partition coefficient (Wildman–Crippen LogP) is 2.82. The lowest BCUT2D eigenvalue weighted by Gasteiger charge is -2.35. The summed E-state index contributed by atoms with van der Waals surface area (Å²) in [6, 6.07) is 13.5. The van der Waals surface area contributed by atoms with Gasteiger partial charge in [-0.25, -0.2) is 8.42 Å². The van der Waals surface area contributed by atoms with Crippen LogP contribution in [0.25, 0.3) is 0 Å². The molecule has 1 fully saturated rings. The van der Waals surface area contributed by atoms with E-state index in [4.69, 9.17) is 4.74 Å². The number of halogens is 1. The topological polar surface area (TPSA) is 70.2 Å². The summed E-state index contributed by atoms with van der Waals surface area (Å²) in [6.45, 7) is 5.53. The number of hydrogen-bond donors (Lipinski definition) is 0. The van der Waals surface area contributed by atoms with Gasteiger partial charge < -0.3 is 14.5 Å². The van der Waals surface area contributed by atoms with Gasteiger partial charge in [-0.2, -0.15) is 0 Å². The molecule has 7 nitrogen and oxygen atoms in total. The highest BCUT2D eigenvalue weighted by Gasteiger charge is 2.32. The molecule has 1 heterocycles. The third-order valence-electron chi connectivity index (χ3n) is 5.19. The molecule has 0 aromatic heterocycles. The third kappa shape index (κ3) is 4.96. The zero-order chi connectivity index (χ0) is 21.7. The second-order valence-corrected chi connectivity index (χ2v) is 9.70. The van der Waals surface area contributed by atoms with E-state index in [0.717, 1.165) is 23.9 Å². The molecule has 9 heteroatoms. The van der Waals surface area contributed by atoms with Gasteiger partial charge in [-0.1, -0.05) is 41.1 Å². The molecule has 2 aromatic rings. The number of anilines is 1. The van der Waals surface area contributed by atoms with Crippen molar-refractivity contribution in [1.29, 1.82) is 0 Å². The van der Waals surface area contributed by atoms with Crippen molar-refractivity contribution in [3.63, 3.8) is 0 Å². The van der Waals surface area contributed by atoms with Gasteiger partial charge in [0.15, 0.2) is 0 Å². The smallest absolute Gasteiger partial charge is 0.268 e. The fourth-order valence-corrected chi connectivity index (χ4v) is 5.53. The Morgan fingerprint density at radius 3 is 2.37 bits per heavy atom. The van der Waals surface area contributed by atoms with Crippen LogP contribution < -0.4 is 9.04 Å². The van der Waals surface area contributed by atoms with Gasteiger partial charge in [-0.3, -0.25) is 9.10 Å². The summed E-state index contributed by atoms with van der Waals surface area (Å²) in [6.07, 6.45) is 0. The van der Waals surface area contributed by atoms with E-state index in [2.05, 4.69) is 27.8 Å². The number of rotatable bonds is 7. The number of amides is 1. The van der Waals surface area contributed by atoms with Crippen molar-refractivity contribution >= 4 is 37.5 Å². The number of carbonyl (C=O) groups is 1. The molecule has 3 rings (SSSR count). The molecule has 1 saturated heterocycles. The van der Waals surface area contributed by atoms with Crippen LogP contribution in [0.3, 0.4) is 0 Å². The lowest BCUT2D eigenvalue weighted by Crippen LogP contribution is -2.51. The minimum Gasteiger partial charge on any atom is -0.495 e. The maximum atomic E-state index is 13.6. The Labute approximate surface area is 186 Å². The van der Waals surface area contributed by atoms with E-state index in [-0.39, 0.29) is 23.1 Å². The fourth-order valence-electron chi connectivity index (χ4n) is 3.42. The molecule has 0 unspecified atom stereocenters. The van der Waals surface area contributed by atoms with Gasteiger partial charge in [0, 0.05) is 30.7 Å². The molecule has 1 aliphatic heterocycles. The molecule has 0 atom stereocenters. The summed E-state index contributed by atoms with van der Waals surface area (Å²) in [5, 5.41) is 0. The average molecular weight is 496 g/mol. The van der Waals surface area contributed by atoms with Crippen LogP contribution in [0.15, 0.2) is 57.9 Å². The minimum absolute atomic E-state index is 0.00632. The lowest BCUT2D eigenvalue weighted by molar-refractivity contribution is -0.131. The van der Waals surface area contributed by atoms with Crippen LogP contribution in [0, 0.1) is 0 Å². The molecule has 1 amide bonds. The van der Waals surface area contributed by atoms with E-state index >= 15 is 0 Å². The van der Waals surface area contributed by atoms with Crippen LogP contribution in [0.5, 0.6) is 5.75 Å². The SMILES string of the molecule is CCN1CCN(C(=O)CN(c2ccccc2)S(=O)(=O)c2cc(Br)ccc2OC)CC1. The van der Waals surface area contributed by atoms with Crippen LogP contribution in [-0.2, 0) is 14.8 Å². The molecule has 162 valence electrons. The molecule has 0 saturated carbocycles. The second kappa shape index (κ2) is 9.80. The summed E-state index contributed by atoms with van der Waals surface area (Å²) in [7, 11) is -2.62. The number of ether oxygens (including phenoxy) is 1. The molecule has 0 spiro atoms. The molecule has 2 aromatic carbocycles. The van der Waals surface area contributed by atoms with Gasteiger partial charge in [0.05, 0.1) is 12.8 Å². The van der Waals surface area contributed by atoms with Crippen molar-refractivity contribution in [3.8, 4) is 5.75 Å². The number of methoxy groups -OCH3 is 1. The Balaban J connectivity index is 1.94. The maximum Gasteiger partial charge on any atom is 0.268 e. The Hall–Kier alpha value is -2.10. The average Bonchev–Trinajstić information content (AvgIpc) is 2.77. The zero-order valence-electron chi connectivity index (χ0n) is 17.1. The summed E-state index contributed by atoms with van der Waals surface area (Å²) < 4.78 is 34.3. The predicted molar refractivity (Wildman–Crippen MR) is 120 cm³/mol.